The van der Waals surface area contributed by atoms with Gasteiger partial charge in [-0.2, -0.15) is 5.26 Å². The van der Waals surface area contributed by atoms with Gasteiger partial charge in [0.05, 0.1) is 23.7 Å². The zero-order valence-electron chi connectivity index (χ0n) is 13.6. The van der Waals surface area contributed by atoms with Crippen molar-refractivity contribution in [2.45, 2.75) is 57.4 Å². The monoisotopic (exact) mass is 329 g/mol. The molecule has 1 aromatic rings. The molecule has 0 atom stereocenters. The molecule has 0 spiro atoms. The van der Waals surface area contributed by atoms with Crippen molar-refractivity contribution in [2.75, 3.05) is 6.54 Å². The van der Waals surface area contributed by atoms with Gasteiger partial charge in [0.25, 0.3) is 5.91 Å². The number of amides is 1. The summed E-state index contributed by atoms with van der Waals surface area (Å²) in [5.74, 6) is 2.48. The van der Waals surface area contributed by atoms with Gasteiger partial charge in [-0.15, -0.1) is 11.3 Å². The molecule has 4 aliphatic carbocycles. The van der Waals surface area contributed by atoms with E-state index in [2.05, 4.69) is 16.0 Å². The van der Waals surface area contributed by atoms with Gasteiger partial charge in [0.15, 0.2) is 0 Å². The number of carbonyl (C=O) groups excluding carboxylic acids is 1. The third-order valence-electron chi connectivity index (χ3n) is 6.10. The van der Waals surface area contributed by atoms with Gasteiger partial charge in [-0.25, -0.2) is 4.98 Å². The smallest absolute Gasteiger partial charge is 0.266 e. The lowest BCUT2D eigenvalue weighted by Crippen LogP contribution is -2.61. The van der Waals surface area contributed by atoms with E-state index in [4.69, 9.17) is 5.26 Å². The Balaban J connectivity index is 1.65. The number of hydrogen-bond donors (Lipinski definition) is 0. The molecule has 5 heteroatoms. The summed E-state index contributed by atoms with van der Waals surface area (Å²) in [6.45, 7) is 2.50. The van der Waals surface area contributed by atoms with Crippen molar-refractivity contribution in [1.29, 1.82) is 5.26 Å². The first-order valence-corrected chi connectivity index (χ1v) is 9.52. The van der Waals surface area contributed by atoms with Gasteiger partial charge < -0.3 is 4.90 Å². The second-order valence-corrected chi connectivity index (χ2v) is 8.99. The molecule has 1 heterocycles. The molecular formula is C18H23N3OS. The number of thiazole rings is 1. The summed E-state index contributed by atoms with van der Waals surface area (Å²) < 4.78 is 0. The van der Waals surface area contributed by atoms with E-state index in [9.17, 15) is 4.79 Å². The van der Waals surface area contributed by atoms with Gasteiger partial charge in [-0.05, 0) is 63.2 Å². The van der Waals surface area contributed by atoms with E-state index in [1.54, 1.807) is 6.20 Å². The average Bonchev–Trinajstić information content (AvgIpc) is 2.92. The molecule has 1 aromatic heterocycles. The van der Waals surface area contributed by atoms with Crippen molar-refractivity contribution in [2.24, 2.45) is 17.8 Å². The average molecular weight is 329 g/mol. The van der Waals surface area contributed by atoms with Crippen LogP contribution >= 0.6 is 11.3 Å². The van der Waals surface area contributed by atoms with E-state index in [1.165, 1.54) is 30.6 Å². The molecule has 4 fully saturated rings. The highest BCUT2D eigenvalue weighted by Gasteiger charge is 2.54. The van der Waals surface area contributed by atoms with Gasteiger partial charge in [0.1, 0.15) is 4.88 Å². The van der Waals surface area contributed by atoms with E-state index in [0.29, 0.717) is 13.0 Å². The Labute approximate surface area is 141 Å². The topological polar surface area (TPSA) is 57.0 Å². The fourth-order valence-electron chi connectivity index (χ4n) is 5.70. The van der Waals surface area contributed by atoms with E-state index >= 15 is 0 Å². The molecule has 23 heavy (non-hydrogen) atoms. The number of aromatic nitrogens is 1. The van der Waals surface area contributed by atoms with Crippen molar-refractivity contribution in [3.05, 3.63) is 16.1 Å². The van der Waals surface area contributed by atoms with E-state index in [0.717, 1.165) is 46.9 Å². The molecular weight excluding hydrogens is 306 g/mol. The first-order valence-electron chi connectivity index (χ1n) is 8.71. The van der Waals surface area contributed by atoms with Crippen molar-refractivity contribution in [3.8, 4) is 6.07 Å². The van der Waals surface area contributed by atoms with Crippen LogP contribution < -0.4 is 0 Å². The molecule has 0 radical (unpaired) electrons. The van der Waals surface area contributed by atoms with Crippen LogP contribution in [0, 0.1) is 36.0 Å². The van der Waals surface area contributed by atoms with Crippen LogP contribution in [0.5, 0.6) is 0 Å². The van der Waals surface area contributed by atoms with Crippen molar-refractivity contribution < 1.29 is 4.79 Å². The number of nitrogens with zero attached hydrogens (tertiary/aromatic N) is 3. The van der Waals surface area contributed by atoms with Gasteiger partial charge in [0, 0.05) is 12.1 Å². The molecule has 5 rings (SSSR count). The summed E-state index contributed by atoms with van der Waals surface area (Å²) in [6.07, 6.45) is 9.65. The van der Waals surface area contributed by atoms with Crippen molar-refractivity contribution >= 4 is 17.2 Å². The summed E-state index contributed by atoms with van der Waals surface area (Å²) in [7, 11) is 0. The maximum atomic E-state index is 13.2. The largest absolute Gasteiger partial charge is 0.331 e. The van der Waals surface area contributed by atoms with Gasteiger partial charge in [-0.1, -0.05) is 0 Å². The van der Waals surface area contributed by atoms with E-state index in [-0.39, 0.29) is 11.4 Å². The van der Waals surface area contributed by atoms with Crippen molar-refractivity contribution in [3.63, 3.8) is 0 Å². The summed E-state index contributed by atoms with van der Waals surface area (Å²) >= 11 is 1.48. The van der Waals surface area contributed by atoms with Crippen LogP contribution in [0.25, 0.3) is 0 Å². The minimum absolute atomic E-state index is 0.0145. The zero-order valence-corrected chi connectivity index (χ0v) is 14.4. The maximum Gasteiger partial charge on any atom is 0.266 e. The molecule has 0 aliphatic heterocycles. The Hall–Kier alpha value is -1.41. The van der Waals surface area contributed by atoms with Crippen molar-refractivity contribution in [1.82, 2.24) is 9.88 Å². The van der Waals surface area contributed by atoms with Crippen LogP contribution in [0.4, 0.5) is 0 Å². The van der Waals surface area contributed by atoms with Crippen LogP contribution in [0.2, 0.25) is 0 Å². The fraction of sp³-hybridized carbons (Fsp3) is 0.722. The van der Waals surface area contributed by atoms with Gasteiger partial charge in [0.2, 0.25) is 0 Å². The molecule has 4 saturated carbocycles. The number of hydrogen-bond acceptors (Lipinski definition) is 4. The minimum atomic E-state index is 0.0145. The molecule has 1 amide bonds. The lowest BCUT2D eigenvalue weighted by atomic mass is 9.52. The van der Waals surface area contributed by atoms with Crippen LogP contribution in [0.15, 0.2) is 6.20 Å². The molecule has 4 bridgehead atoms. The molecule has 4 aliphatic rings. The highest BCUT2D eigenvalue weighted by atomic mass is 32.1. The summed E-state index contributed by atoms with van der Waals surface area (Å²) in [5.41, 5.74) is 0.0145. The SMILES string of the molecule is Cc1ncc(C(=O)N(CCC#N)C23CC4CC(CC(C4)C2)C3)s1. The highest BCUT2D eigenvalue weighted by molar-refractivity contribution is 7.13. The number of carbonyl (C=O) groups is 1. The predicted molar refractivity (Wildman–Crippen MR) is 89.0 cm³/mol. The molecule has 0 aromatic carbocycles. The minimum Gasteiger partial charge on any atom is -0.331 e. The molecule has 4 nitrogen and oxygen atoms in total. The first kappa shape index (κ1) is 15.1. The quantitative estimate of drug-likeness (QED) is 0.845. The molecule has 122 valence electrons. The van der Waals surface area contributed by atoms with Crippen LogP contribution in [-0.4, -0.2) is 27.9 Å². The lowest BCUT2D eigenvalue weighted by molar-refractivity contribution is -0.0739. The Morgan fingerprint density at radius 1 is 1.35 bits per heavy atom. The number of rotatable bonds is 4. The molecule has 0 N–H and O–H groups in total. The Kier molecular flexibility index (Phi) is 3.68. The summed E-state index contributed by atoms with van der Waals surface area (Å²) in [6, 6.07) is 2.24. The first-order chi connectivity index (χ1) is 11.1. The highest BCUT2D eigenvalue weighted by Crippen LogP contribution is 2.58. The van der Waals surface area contributed by atoms with Gasteiger partial charge >= 0.3 is 0 Å². The number of aryl methyl sites for hydroxylation is 1. The normalized spacial score (nSPS) is 34.3. The molecule has 0 saturated heterocycles. The Morgan fingerprint density at radius 3 is 2.43 bits per heavy atom. The molecule has 0 unspecified atom stereocenters. The zero-order chi connectivity index (χ0) is 16.0. The van der Waals surface area contributed by atoms with Crippen LogP contribution in [0.3, 0.4) is 0 Å². The third-order valence-corrected chi connectivity index (χ3v) is 7.00. The Morgan fingerprint density at radius 2 is 1.96 bits per heavy atom. The van der Waals surface area contributed by atoms with E-state index < -0.39 is 0 Å². The van der Waals surface area contributed by atoms with Crippen LogP contribution in [0.1, 0.15) is 59.6 Å². The fourth-order valence-corrected chi connectivity index (χ4v) is 6.43. The second-order valence-electron chi connectivity index (χ2n) is 7.75. The number of nitriles is 1. The lowest BCUT2D eigenvalue weighted by Gasteiger charge is -2.60. The standard InChI is InChI=1S/C18H23N3OS/c1-12-20-11-16(23-12)17(22)21(4-2-3-19)18-8-13-5-14(9-18)7-15(6-13)10-18/h11,13-15H,2,4-10H2,1H3. The Bertz CT molecular complexity index is 624. The maximum absolute atomic E-state index is 13.2. The third kappa shape index (κ3) is 2.57. The van der Waals surface area contributed by atoms with Gasteiger partial charge in [-0.3, -0.25) is 4.79 Å². The van der Waals surface area contributed by atoms with Crippen LogP contribution in [-0.2, 0) is 0 Å². The van der Waals surface area contributed by atoms with E-state index in [1.807, 2.05) is 6.92 Å². The second kappa shape index (κ2) is 5.59. The summed E-state index contributed by atoms with van der Waals surface area (Å²) in [4.78, 5) is 20.2. The summed E-state index contributed by atoms with van der Waals surface area (Å²) in [5, 5.41) is 9.99. The predicted octanol–water partition coefficient (Wildman–Crippen LogP) is 3.78.